The molecule has 1 heterocycles. The molecule has 1 amide bonds. The maximum absolute atomic E-state index is 10.8. The minimum atomic E-state index is -0.377. The van der Waals surface area contributed by atoms with E-state index in [1.54, 1.807) is 7.11 Å². The van der Waals surface area contributed by atoms with Gasteiger partial charge in [0.15, 0.2) is 5.13 Å². The normalized spacial score (nSPS) is 10.3. The van der Waals surface area contributed by atoms with Gasteiger partial charge in [0, 0.05) is 11.1 Å². The largest absolute Gasteiger partial charge is 0.496 e. The number of nitrogens with zero attached hydrogens (tertiary/aromatic N) is 1. The predicted molar refractivity (Wildman–Crippen MR) is 80.8 cm³/mol. The molecule has 0 atom stereocenters. The molecular formula is C14H17N3O2S. The molecule has 20 heavy (non-hydrogen) atoms. The van der Waals surface area contributed by atoms with Gasteiger partial charge in [0.2, 0.25) is 5.91 Å². The van der Waals surface area contributed by atoms with Gasteiger partial charge in [-0.05, 0) is 37.1 Å². The third-order valence-electron chi connectivity index (χ3n) is 2.82. The first-order valence-corrected chi connectivity index (χ1v) is 7.02. The van der Waals surface area contributed by atoms with Crippen molar-refractivity contribution in [2.45, 2.75) is 20.3 Å². The van der Waals surface area contributed by atoms with Crippen molar-refractivity contribution in [3.63, 3.8) is 0 Å². The van der Waals surface area contributed by atoms with Crippen LogP contribution in [0.15, 0.2) is 17.5 Å². The molecule has 0 aliphatic heterocycles. The molecule has 106 valence electrons. The van der Waals surface area contributed by atoms with E-state index in [4.69, 9.17) is 10.5 Å². The highest BCUT2D eigenvalue weighted by atomic mass is 32.1. The Labute approximate surface area is 121 Å². The summed E-state index contributed by atoms with van der Waals surface area (Å²) in [4.78, 5) is 15.2. The fraction of sp³-hybridized carbons (Fsp3) is 0.286. The van der Waals surface area contributed by atoms with Crippen molar-refractivity contribution in [2.24, 2.45) is 5.73 Å². The third kappa shape index (κ3) is 3.27. The highest BCUT2D eigenvalue weighted by molar-refractivity contribution is 7.13. The van der Waals surface area contributed by atoms with Gasteiger partial charge in [-0.15, -0.1) is 11.3 Å². The van der Waals surface area contributed by atoms with Gasteiger partial charge in [0.25, 0.3) is 0 Å². The van der Waals surface area contributed by atoms with Crippen LogP contribution in [0.1, 0.15) is 16.8 Å². The van der Waals surface area contributed by atoms with Crippen LogP contribution >= 0.6 is 11.3 Å². The Morgan fingerprint density at radius 1 is 1.40 bits per heavy atom. The predicted octanol–water partition coefficient (Wildman–Crippen LogP) is 2.54. The standard InChI is InChI=1S/C14H17N3O2S/c1-8-4-10(5-9(2)13(8)19-3)16-14-17-11(7-20-14)6-12(15)18/h4-5,7H,6H2,1-3H3,(H2,15,18)(H,16,17). The summed E-state index contributed by atoms with van der Waals surface area (Å²) in [5.41, 5.74) is 8.90. The van der Waals surface area contributed by atoms with Crippen LogP contribution in [0.4, 0.5) is 10.8 Å². The van der Waals surface area contributed by atoms with Gasteiger partial charge < -0.3 is 15.8 Å². The summed E-state index contributed by atoms with van der Waals surface area (Å²) in [6, 6.07) is 4.00. The molecule has 5 nitrogen and oxygen atoms in total. The Morgan fingerprint density at radius 3 is 2.60 bits per heavy atom. The lowest BCUT2D eigenvalue weighted by atomic mass is 10.1. The zero-order valence-corrected chi connectivity index (χ0v) is 12.5. The molecule has 0 fully saturated rings. The number of benzene rings is 1. The number of methoxy groups -OCH3 is 1. The Kier molecular flexibility index (Phi) is 4.24. The van der Waals surface area contributed by atoms with Crippen LogP contribution < -0.4 is 15.8 Å². The number of ether oxygens (including phenoxy) is 1. The first-order chi connectivity index (χ1) is 9.49. The molecule has 0 aliphatic carbocycles. The van der Waals surface area contributed by atoms with Crippen molar-refractivity contribution in [3.05, 3.63) is 34.3 Å². The van der Waals surface area contributed by atoms with Crippen molar-refractivity contribution < 1.29 is 9.53 Å². The summed E-state index contributed by atoms with van der Waals surface area (Å²) in [5.74, 6) is 0.516. The number of nitrogens with two attached hydrogens (primary N) is 1. The van der Waals surface area contributed by atoms with Crippen molar-refractivity contribution >= 4 is 28.1 Å². The molecule has 0 unspecified atom stereocenters. The average Bonchev–Trinajstić information content (AvgIpc) is 2.75. The van der Waals surface area contributed by atoms with Crippen molar-refractivity contribution in [3.8, 4) is 5.75 Å². The van der Waals surface area contributed by atoms with E-state index >= 15 is 0 Å². The lowest BCUT2D eigenvalue weighted by molar-refractivity contribution is -0.117. The van der Waals surface area contributed by atoms with Crippen LogP contribution in [-0.2, 0) is 11.2 Å². The SMILES string of the molecule is COc1c(C)cc(Nc2nc(CC(N)=O)cs2)cc1C. The number of aryl methyl sites for hydroxylation is 2. The lowest BCUT2D eigenvalue weighted by Gasteiger charge is -2.11. The van der Waals surface area contributed by atoms with Crippen LogP contribution in [-0.4, -0.2) is 18.0 Å². The zero-order chi connectivity index (χ0) is 14.7. The molecule has 6 heteroatoms. The summed E-state index contributed by atoms with van der Waals surface area (Å²) in [6.07, 6.45) is 0.166. The second-order valence-corrected chi connectivity index (χ2v) is 5.41. The maximum Gasteiger partial charge on any atom is 0.223 e. The molecule has 1 aromatic heterocycles. The number of aromatic nitrogens is 1. The monoisotopic (exact) mass is 291 g/mol. The second kappa shape index (κ2) is 5.92. The molecule has 0 saturated carbocycles. The maximum atomic E-state index is 10.8. The van der Waals surface area contributed by atoms with Gasteiger partial charge in [0.05, 0.1) is 19.2 Å². The Morgan fingerprint density at radius 2 is 2.05 bits per heavy atom. The number of hydrogen-bond acceptors (Lipinski definition) is 5. The molecule has 2 aromatic rings. The van der Waals surface area contributed by atoms with Crippen molar-refractivity contribution in [2.75, 3.05) is 12.4 Å². The average molecular weight is 291 g/mol. The minimum absolute atomic E-state index is 0.166. The summed E-state index contributed by atoms with van der Waals surface area (Å²) < 4.78 is 5.34. The number of rotatable bonds is 5. The molecule has 2 rings (SSSR count). The van der Waals surface area contributed by atoms with Crippen molar-refractivity contribution in [1.29, 1.82) is 0 Å². The van der Waals surface area contributed by atoms with Gasteiger partial charge in [-0.25, -0.2) is 4.98 Å². The van der Waals surface area contributed by atoms with Crippen LogP contribution in [0.25, 0.3) is 0 Å². The molecule has 0 bridgehead atoms. The Bertz CT molecular complexity index is 614. The number of hydrogen-bond donors (Lipinski definition) is 2. The first-order valence-electron chi connectivity index (χ1n) is 6.14. The number of amides is 1. The first kappa shape index (κ1) is 14.3. The van der Waals surface area contributed by atoms with Gasteiger partial charge >= 0.3 is 0 Å². The van der Waals surface area contributed by atoms with E-state index in [1.165, 1.54) is 11.3 Å². The van der Waals surface area contributed by atoms with Crippen molar-refractivity contribution in [1.82, 2.24) is 4.98 Å². The van der Waals surface area contributed by atoms with E-state index in [2.05, 4.69) is 10.3 Å². The lowest BCUT2D eigenvalue weighted by Crippen LogP contribution is -2.13. The zero-order valence-electron chi connectivity index (χ0n) is 11.7. The highest BCUT2D eigenvalue weighted by Crippen LogP contribution is 2.29. The van der Waals surface area contributed by atoms with Crippen LogP contribution in [0.3, 0.4) is 0 Å². The number of nitrogens with one attached hydrogen (secondary N) is 1. The quantitative estimate of drug-likeness (QED) is 0.887. The molecule has 0 radical (unpaired) electrons. The van der Waals surface area contributed by atoms with Gasteiger partial charge in [-0.3, -0.25) is 4.79 Å². The van der Waals surface area contributed by atoms with E-state index in [-0.39, 0.29) is 12.3 Å². The fourth-order valence-corrected chi connectivity index (χ4v) is 2.82. The van der Waals surface area contributed by atoms with E-state index in [0.717, 1.165) is 27.7 Å². The number of anilines is 2. The number of thiazole rings is 1. The number of primary amides is 1. The van der Waals surface area contributed by atoms with Gasteiger partial charge in [-0.1, -0.05) is 0 Å². The molecule has 3 N–H and O–H groups in total. The smallest absolute Gasteiger partial charge is 0.223 e. The summed E-state index contributed by atoms with van der Waals surface area (Å²) in [7, 11) is 1.67. The third-order valence-corrected chi connectivity index (χ3v) is 3.63. The molecule has 0 aliphatic rings. The second-order valence-electron chi connectivity index (χ2n) is 4.56. The Balaban J connectivity index is 2.18. The Hall–Kier alpha value is -2.08. The van der Waals surface area contributed by atoms with Crippen LogP contribution in [0, 0.1) is 13.8 Å². The van der Waals surface area contributed by atoms with Crippen LogP contribution in [0.5, 0.6) is 5.75 Å². The molecule has 1 aromatic carbocycles. The molecular weight excluding hydrogens is 274 g/mol. The van der Waals surface area contributed by atoms with E-state index in [0.29, 0.717) is 5.69 Å². The summed E-state index contributed by atoms with van der Waals surface area (Å²) in [6.45, 7) is 3.99. The number of carbonyl (C=O) groups is 1. The topological polar surface area (TPSA) is 77.2 Å². The molecule has 0 spiro atoms. The van der Waals surface area contributed by atoms with E-state index < -0.39 is 0 Å². The van der Waals surface area contributed by atoms with Gasteiger partial charge in [0.1, 0.15) is 5.75 Å². The van der Waals surface area contributed by atoms with E-state index in [1.807, 2.05) is 31.4 Å². The van der Waals surface area contributed by atoms with Crippen LogP contribution in [0.2, 0.25) is 0 Å². The minimum Gasteiger partial charge on any atom is -0.496 e. The highest BCUT2D eigenvalue weighted by Gasteiger charge is 2.08. The van der Waals surface area contributed by atoms with Gasteiger partial charge in [-0.2, -0.15) is 0 Å². The molecule has 0 saturated heterocycles. The number of carbonyl (C=O) groups excluding carboxylic acids is 1. The van der Waals surface area contributed by atoms with E-state index in [9.17, 15) is 4.79 Å². The fourth-order valence-electron chi connectivity index (χ4n) is 2.09. The summed E-state index contributed by atoms with van der Waals surface area (Å²) in [5, 5.41) is 5.80. The summed E-state index contributed by atoms with van der Waals surface area (Å²) >= 11 is 1.45.